The molecule has 2 aromatic rings. The third-order valence-corrected chi connectivity index (χ3v) is 3.30. The van der Waals surface area contributed by atoms with Gasteiger partial charge in [-0.25, -0.2) is 13.6 Å². The molecule has 0 saturated heterocycles. The Hall–Kier alpha value is -2.46. The van der Waals surface area contributed by atoms with Gasteiger partial charge in [0.25, 0.3) is 0 Å². The lowest BCUT2D eigenvalue weighted by atomic mass is 10.1. The number of carbonyl (C=O) groups is 1. The molecule has 0 spiro atoms. The van der Waals surface area contributed by atoms with E-state index in [9.17, 15) is 13.6 Å². The Morgan fingerprint density at radius 3 is 2.33 bits per heavy atom. The molecule has 0 bridgehead atoms. The van der Waals surface area contributed by atoms with Gasteiger partial charge in [0.2, 0.25) is 0 Å². The minimum atomic E-state index is -1.11. The van der Waals surface area contributed by atoms with Gasteiger partial charge in [0.1, 0.15) is 5.69 Å². The normalized spacial score (nSPS) is 10.0. The number of aromatic carboxylic acids is 1. The van der Waals surface area contributed by atoms with Crippen molar-refractivity contribution in [3.8, 4) is 6.07 Å². The van der Waals surface area contributed by atoms with Gasteiger partial charge in [0.15, 0.2) is 11.6 Å². The first-order valence-corrected chi connectivity index (χ1v) is 6.40. The number of hydrogen-bond acceptors (Lipinski definition) is 3. The molecular weight excluding hydrogens is 346 g/mol. The largest absolute Gasteiger partial charge is 0.478 e. The van der Waals surface area contributed by atoms with E-state index in [1.165, 1.54) is 18.2 Å². The Bertz CT molecular complexity index is 749. The molecule has 0 aliphatic heterocycles. The quantitative estimate of drug-likeness (QED) is 0.874. The summed E-state index contributed by atoms with van der Waals surface area (Å²) < 4.78 is 27.9. The molecule has 21 heavy (non-hydrogen) atoms. The fraction of sp³-hybridized carbons (Fsp3) is 0. The van der Waals surface area contributed by atoms with Crippen molar-refractivity contribution in [1.82, 2.24) is 0 Å². The molecule has 0 unspecified atom stereocenters. The van der Waals surface area contributed by atoms with E-state index in [4.69, 9.17) is 10.4 Å². The monoisotopic (exact) mass is 352 g/mol. The molecule has 2 rings (SSSR count). The van der Waals surface area contributed by atoms with Gasteiger partial charge in [-0.3, -0.25) is 0 Å². The molecule has 0 fully saturated rings. The molecule has 0 aliphatic carbocycles. The second-order valence-electron chi connectivity index (χ2n) is 4.05. The molecule has 0 heterocycles. The van der Waals surface area contributed by atoms with Gasteiger partial charge in [-0.2, -0.15) is 5.26 Å². The molecule has 7 heteroatoms. The summed E-state index contributed by atoms with van der Waals surface area (Å²) in [5.41, 5.74) is -0.218. The average molecular weight is 353 g/mol. The van der Waals surface area contributed by atoms with Crippen LogP contribution >= 0.6 is 15.9 Å². The topological polar surface area (TPSA) is 73.1 Å². The number of hydrogen-bond donors (Lipinski definition) is 2. The number of halogens is 3. The zero-order valence-electron chi connectivity index (χ0n) is 10.3. The second-order valence-corrected chi connectivity index (χ2v) is 4.91. The first-order valence-electron chi connectivity index (χ1n) is 5.61. The molecule has 106 valence electrons. The summed E-state index contributed by atoms with van der Waals surface area (Å²) in [5, 5.41) is 20.0. The number of nitriles is 1. The van der Waals surface area contributed by atoms with Crippen molar-refractivity contribution in [2.45, 2.75) is 0 Å². The fourth-order valence-electron chi connectivity index (χ4n) is 1.64. The highest BCUT2D eigenvalue weighted by Gasteiger charge is 2.14. The van der Waals surface area contributed by atoms with Gasteiger partial charge in [-0.1, -0.05) is 0 Å². The first kappa shape index (κ1) is 14.9. The average Bonchev–Trinajstić information content (AvgIpc) is 2.43. The minimum Gasteiger partial charge on any atom is -0.478 e. The maximum absolute atomic E-state index is 13.8. The van der Waals surface area contributed by atoms with Crippen LogP contribution in [0.3, 0.4) is 0 Å². The summed E-state index contributed by atoms with van der Waals surface area (Å²) in [6.45, 7) is 0. The van der Waals surface area contributed by atoms with Crippen molar-refractivity contribution in [2.24, 2.45) is 0 Å². The highest BCUT2D eigenvalue weighted by atomic mass is 79.9. The number of anilines is 2. The van der Waals surface area contributed by atoms with Gasteiger partial charge in [-0.05, 0) is 46.3 Å². The zero-order valence-corrected chi connectivity index (χ0v) is 11.9. The molecule has 0 atom stereocenters. The Balaban J connectivity index is 2.39. The third kappa shape index (κ3) is 3.17. The highest BCUT2D eigenvalue weighted by molar-refractivity contribution is 9.10. The summed E-state index contributed by atoms with van der Waals surface area (Å²) in [6, 6.07) is 7.45. The van der Waals surface area contributed by atoms with Crippen LogP contribution in [0.2, 0.25) is 0 Å². The molecule has 2 N–H and O–H groups in total. The molecule has 0 radical (unpaired) electrons. The van der Waals surface area contributed by atoms with E-state index >= 15 is 0 Å². The third-order valence-electron chi connectivity index (χ3n) is 2.65. The van der Waals surface area contributed by atoms with E-state index in [0.29, 0.717) is 10.2 Å². The van der Waals surface area contributed by atoms with Crippen LogP contribution in [0.4, 0.5) is 20.2 Å². The Labute approximate surface area is 126 Å². The summed E-state index contributed by atoms with van der Waals surface area (Å²) >= 11 is 3.13. The lowest BCUT2D eigenvalue weighted by molar-refractivity contribution is 0.0697. The van der Waals surface area contributed by atoms with Crippen LogP contribution < -0.4 is 5.32 Å². The van der Waals surface area contributed by atoms with Crippen LogP contribution in [0.25, 0.3) is 0 Å². The predicted molar refractivity (Wildman–Crippen MR) is 75.5 cm³/mol. The minimum absolute atomic E-state index is 0.0354. The number of carboxylic acid groups (broad SMARTS) is 1. The van der Waals surface area contributed by atoms with Crippen molar-refractivity contribution in [1.29, 1.82) is 5.26 Å². The van der Waals surface area contributed by atoms with Crippen LogP contribution in [0, 0.1) is 23.0 Å². The SMILES string of the molecule is N#Cc1cc(F)c(Nc2ccc(C(=O)O)cc2Br)c(F)c1. The van der Waals surface area contributed by atoms with Gasteiger partial charge in [-0.15, -0.1) is 0 Å². The van der Waals surface area contributed by atoms with Crippen LogP contribution in [0.15, 0.2) is 34.8 Å². The summed E-state index contributed by atoms with van der Waals surface area (Å²) in [4.78, 5) is 10.8. The second kappa shape index (κ2) is 5.89. The summed E-state index contributed by atoms with van der Waals surface area (Å²) in [6.07, 6.45) is 0. The highest BCUT2D eigenvalue weighted by Crippen LogP contribution is 2.30. The number of nitrogens with zero attached hydrogens (tertiary/aromatic N) is 1. The lowest BCUT2D eigenvalue weighted by Crippen LogP contribution is -2.01. The number of carboxylic acids is 1. The summed E-state index contributed by atoms with van der Waals surface area (Å²) in [7, 11) is 0. The molecule has 2 aromatic carbocycles. The molecule has 0 saturated carbocycles. The maximum Gasteiger partial charge on any atom is 0.335 e. The van der Waals surface area contributed by atoms with E-state index in [2.05, 4.69) is 21.2 Å². The van der Waals surface area contributed by atoms with Crippen molar-refractivity contribution in [3.63, 3.8) is 0 Å². The maximum atomic E-state index is 13.8. The van der Waals surface area contributed by atoms with Crippen molar-refractivity contribution in [3.05, 3.63) is 57.6 Å². The van der Waals surface area contributed by atoms with Gasteiger partial charge in [0, 0.05) is 4.47 Å². The predicted octanol–water partition coefficient (Wildman–Crippen LogP) is 4.04. The molecule has 0 aliphatic rings. The standard InChI is InChI=1S/C14H7BrF2N2O2/c15-9-5-8(14(20)21)1-2-12(9)19-13-10(16)3-7(6-18)4-11(13)17/h1-5,19H,(H,20,21). The van der Waals surface area contributed by atoms with Crippen molar-refractivity contribution < 1.29 is 18.7 Å². The van der Waals surface area contributed by atoms with E-state index in [-0.39, 0.29) is 11.1 Å². The van der Waals surface area contributed by atoms with Crippen LogP contribution in [-0.4, -0.2) is 11.1 Å². The van der Waals surface area contributed by atoms with Crippen molar-refractivity contribution in [2.75, 3.05) is 5.32 Å². The fourth-order valence-corrected chi connectivity index (χ4v) is 2.12. The van der Waals surface area contributed by atoms with E-state index < -0.39 is 23.3 Å². The van der Waals surface area contributed by atoms with E-state index in [1.807, 2.05) is 0 Å². The first-order chi connectivity index (χ1) is 9.92. The Morgan fingerprint density at radius 1 is 1.24 bits per heavy atom. The summed E-state index contributed by atoms with van der Waals surface area (Å²) in [5.74, 6) is -2.94. The van der Waals surface area contributed by atoms with E-state index in [0.717, 1.165) is 12.1 Å². The van der Waals surface area contributed by atoms with Crippen molar-refractivity contribution >= 4 is 33.3 Å². The molecule has 0 amide bonds. The van der Waals surface area contributed by atoms with E-state index in [1.54, 1.807) is 6.07 Å². The van der Waals surface area contributed by atoms with Crippen LogP contribution in [0.1, 0.15) is 15.9 Å². The number of nitrogens with one attached hydrogen (secondary N) is 1. The smallest absolute Gasteiger partial charge is 0.335 e. The lowest BCUT2D eigenvalue weighted by Gasteiger charge is -2.11. The molecular formula is C14H7BrF2N2O2. The number of rotatable bonds is 3. The van der Waals surface area contributed by atoms with Gasteiger partial charge in [0.05, 0.1) is 22.9 Å². The zero-order chi connectivity index (χ0) is 15.6. The van der Waals surface area contributed by atoms with Gasteiger partial charge < -0.3 is 10.4 Å². The van der Waals surface area contributed by atoms with Crippen LogP contribution in [0.5, 0.6) is 0 Å². The Morgan fingerprint density at radius 2 is 1.86 bits per heavy atom. The molecule has 0 aromatic heterocycles. The van der Waals surface area contributed by atoms with Gasteiger partial charge >= 0.3 is 5.97 Å². The Kier molecular flexibility index (Phi) is 4.19. The number of benzene rings is 2. The van der Waals surface area contributed by atoms with Crippen LogP contribution in [-0.2, 0) is 0 Å². The molecule has 4 nitrogen and oxygen atoms in total.